The first-order chi connectivity index (χ1) is 13.7. The first-order valence-corrected chi connectivity index (χ1v) is 10.5. The van der Waals surface area contributed by atoms with Gasteiger partial charge >= 0.3 is 0 Å². The van der Waals surface area contributed by atoms with Crippen molar-refractivity contribution < 1.29 is 4.79 Å². The Morgan fingerprint density at radius 1 is 1.14 bits per heavy atom. The number of para-hydroxylation sites is 2. The number of alkyl halides is 1. The highest BCUT2D eigenvalue weighted by atomic mass is 35.5. The molecule has 0 radical (unpaired) electrons. The monoisotopic (exact) mass is 397 g/mol. The molecule has 4 heterocycles. The lowest BCUT2D eigenvalue weighted by molar-refractivity contribution is -0.130. The lowest BCUT2D eigenvalue weighted by Crippen LogP contribution is -2.48. The van der Waals surface area contributed by atoms with Crippen LogP contribution in [0, 0.1) is 0 Å². The Labute approximate surface area is 169 Å². The Kier molecular flexibility index (Phi) is 4.69. The third kappa shape index (κ3) is 3.25. The van der Waals surface area contributed by atoms with Gasteiger partial charge in [0.2, 0.25) is 5.91 Å². The SMILES string of the molecule is O=C1CCCN1C1CCN(C2C=C(c3nc4ccccc4[nH]3)C(Cl)C=N2)CC1. The van der Waals surface area contributed by atoms with Crippen molar-refractivity contribution in [2.24, 2.45) is 4.99 Å². The van der Waals surface area contributed by atoms with Crippen LogP contribution in [-0.4, -0.2) is 69.1 Å². The molecular formula is C21H24ClN5O. The van der Waals surface area contributed by atoms with Gasteiger partial charge in [0.05, 0.1) is 16.4 Å². The van der Waals surface area contributed by atoms with Crippen molar-refractivity contribution in [3.63, 3.8) is 0 Å². The van der Waals surface area contributed by atoms with Crippen molar-refractivity contribution in [1.29, 1.82) is 0 Å². The van der Waals surface area contributed by atoms with E-state index in [4.69, 9.17) is 16.6 Å². The van der Waals surface area contributed by atoms with Crippen LogP contribution in [0.5, 0.6) is 0 Å². The number of fused-ring (bicyclic) bond motifs is 1. The molecule has 2 fully saturated rings. The van der Waals surface area contributed by atoms with Crippen LogP contribution in [0.3, 0.4) is 0 Å². The molecule has 1 N–H and O–H groups in total. The minimum Gasteiger partial charge on any atom is -0.340 e. The highest BCUT2D eigenvalue weighted by Gasteiger charge is 2.33. The van der Waals surface area contributed by atoms with E-state index >= 15 is 0 Å². The van der Waals surface area contributed by atoms with Crippen molar-refractivity contribution in [2.75, 3.05) is 19.6 Å². The van der Waals surface area contributed by atoms with Crippen LogP contribution in [0.4, 0.5) is 0 Å². The summed E-state index contributed by atoms with van der Waals surface area (Å²) in [5.74, 6) is 1.14. The summed E-state index contributed by atoms with van der Waals surface area (Å²) in [6.45, 7) is 2.80. The molecule has 1 amide bonds. The van der Waals surface area contributed by atoms with E-state index in [0.29, 0.717) is 18.4 Å². The smallest absolute Gasteiger partial charge is 0.222 e. The molecule has 1 aromatic heterocycles. The molecule has 2 aromatic rings. The number of carbonyl (C=O) groups excluding carboxylic acids is 1. The molecular weight excluding hydrogens is 374 g/mol. The highest BCUT2D eigenvalue weighted by molar-refractivity contribution is 6.34. The Bertz CT molecular complexity index is 910. The summed E-state index contributed by atoms with van der Waals surface area (Å²) in [6, 6.07) is 8.39. The summed E-state index contributed by atoms with van der Waals surface area (Å²) in [5.41, 5.74) is 2.93. The number of amides is 1. The van der Waals surface area contributed by atoms with Gasteiger partial charge in [-0.25, -0.2) is 4.98 Å². The summed E-state index contributed by atoms with van der Waals surface area (Å²) in [7, 11) is 0. The fraction of sp³-hybridized carbons (Fsp3) is 0.476. The summed E-state index contributed by atoms with van der Waals surface area (Å²) < 4.78 is 0. The van der Waals surface area contributed by atoms with E-state index in [1.54, 1.807) is 0 Å². The second-order valence-electron chi connectivity index (χ2n) is 7.80. The largest absolute Gasteiger partial charge is 0.340 e. The van der Waals surface area contributed by atoms with Crippen LogP contribution in [-0.2, 0) is 4.79 Å². The van der Waals surface area contributed by atoms with Gasteiger partial charge in [0.25, 0.3) is 0 Å². The van der Waals surface area contributed by atoms with Crippen molar-refractivity contribution in [2.45, 2.75) is 43.3 Å². The molecule has 2 unspecified atom stereocenters. The van der Waals surface area contributed by atoms with E-state index in [9.17, 15) is 4.79 Å². The number of hydrogen-bond acceptors (Lipinski definition) is 4. The number of nitrogens with zero attached hydrogens (tertiary/aromatic N) is 4. The third-order valence-corrected chi connectivity index (χ3v) is 6.43. The molecule has 3 aliphatic rings. The van der Waals surface area contributed by atoms with Crippen molar-refractivity contribution in [3.8, 4) is 0 Å². The van der Waals surface area contributed by atoms with Gasteiger partial charge in [0.1, 0.15) is 12.0 Å². The summed E-state index contributed by atoms with van der Waals surface area (Å²) in [4.78, 5) is 29.2. The van der Waals surface area contributed by atoms with Gasteiger partial charge in [-0.2, -0.15) is 0 Å². The van der Waals surface area contributed by atoms with E-state index in [1.165, 1.54) is 0 Å². The van der Waals surface area contributed by atoms with Crippen molar-refractivity contribution in [1.82, 2.24) is 19.8 Å². The Hall–Kier alpha value is -2.18. The summed E-state index contributed by atoms with van der Waals surface area (Å²) >= 11 is 6.53. The van der Waals surface area contributed by atoms with Gasteiger partial charge in [-0.15, -0.1) is 11.6 Å². The minimum atomic E-state index is -0.281. The lowest BCUT2D eigenvalue weighted by Gasteiger charge is -2.39. The van der Waals surface area contributed by atoms with E-state index < -0.39 is 0 Å². The molecule has 0 aliphatic carbocycles. The Balaban J connectivity index is 1.32. The third-order valence-electron chi connectivity index (χ3n) is 6.08. The second-order valence-corrected chi connectivity index (χ2v) is 8.27. The predicted molar refractivity (Wildman–Crippen MR) is 112 cm³/mol. The number of allylic oxidation sites excluding steroid dienone is 1. The predicted octanol–water partition coefficient (Wildman–Crippen LogP) is 3.05. The molecule has 0 bridgehead atoms. The first kappa shape index (κ1) is 17.9. The number of piperidine rings is 1. The van der Waals surface area contributed by atoms with Crippen LogP contribution in [0.1, 0.15) is 31.5 Å². The average molecular weight is 398 g/mol. The van der Waals surface area contributed by atoms with Crippen LogP contribution < -0.4 is 0 Å². The average Bonchev–Trinajstić information content (AvgIpc) is 3.34. The minimum absolute atomic E-state index is 0.0200. The van der Waals surface area contributed by atoms with Crippen LogP contribution in [0.25, 0.3) is 16.6 Å². The maximum Gasteiger partial charge on any atom is 0.222 e. The zero-order chi connectivity index (χ0) is 19.1. The van der Waals surface area contributed by atoms with E-state index in [0.717, 1.165) is 61.3 Å². The zero-order valence-electron chi connectivity index (χ0n) is 15.7. The topological polar surface area (TPSA) is 64.6 Å². The molecule has 6 nitrogen and oxygen atoms in total. The van der Waals surface area contributed by atoms with Gasteiger partial charge in [-0.3, -0.25) is 14.7 Å². The molecule has 0 spiro atoms. The van der Waals surface area contributed by atoms with Gasteiger partial charge in [0.15, 0.2) is 0 Å². The quantitative estimate of drug-likeness (QED) is 0.809. The number of aromatic amines is 1. The number of hydrogen-bond donors (Lipinski definition) is 1. The molecule has 7 heteroatoms. The number of rotatable bonds is 3. The number of likely N-dealkylation sites (tertiary alicyclic amines) is 2. The Morgan fingerprint density at radius 2 is 1.96 bits per heavy atom. The molecule has 28 heavy (non-hydrogen) atoms. The van der Waals surface area contributed by atoms with Crippen LogP contribution in [0.15, 0.2) is 35.3 Å². The summed E-state index contributed by atoms with van der Waals surface area (Å²) in [6.07, 6.45) is 7.68. The fourth-order valence-electron chi connectivity index (χ4n) is 4.56. The van der Waals surface area contributed by atoms with E-state index in [1.807, 2.05) is 30.5 Å². The van der Waals surface area contributed by atoms with Crippen LogP contribution >= 0.6 is 11.6 Å². The molecule has 2 atom stereocenters. The molecule has 146 valence electrons. The molecule has 2 saturated heterocycles. The molecule has 5 rings (SSSR count). The second kappa shape index (κ2) is 7.33. The first-order valence-electron chi connectivity index (χ1n) is 10.1. The number of aromatic nitrogens is 2. The van der Waals surface area contributed by atoms with Gasteiger partial charge < -0.3 is 9.88 Å². The van der Waals surface area contributed by atoms with Gasteiger partial charge in [-0.1, -0.05) is 12.1 Å². The molecule has 1 aromatic carbocycles. The zero-order valence-corrected chi connectivity index (χ0v) is 16.5. The molecule has 0 saturated carbocycles. The number of halogens is 1. The number of carbonyl (C=O) groups is 1. The standard InChI is InChI=1S/C21H24ClN5O/c22-16-13-23-19(12-15(16)21-24-17-4-1-2-5-18(17)25-21)26-10-7-14(8-11-26)27-9-3-6-20(27)28/h1-2,4-5,12-14,16,19H,3,6-11H2,(H,24,25). The van der Waals surface area contributed by atoms with Gasteiger partial charge in [0, 0.05) is 43.9 Å². The lowest BCUT2D eigenvalue weighted by atomic mass is 10.0. The highest BCUT2D eigenvalue weighted by Crippen LogP contribution is 2.29. The maximum absolute atomic E-state index is 12.0. The van der Waals surface area contributed by atoms with Crippen molar-refractivity contribution >= 4 is 40.3 Å². The normalized spacial score (nSPS) is 27.0. The molecule has 3 aliphatic heterocycles. The van der Waals surface area contributed by atoms with Gasteiger partial charge in [-0.05, 0) is 37.5 Å². The number of imidazole rings is 1. The maximum atomic E-state index is 12.0. The summed E-state index contributed by atoms with van der Waals surface area (Å²) in [5, 5.41) is -0.281. The van der Waals surface area contributed by atoms with Crippen LogP contribution in [0.2, 0.25) is 0 Å². The number of H-pyrrole nitrogens is 1. The van der Waals surface area contributed by atoms with E-state index in [2.05, 4.69) is 25.9 Å². The number of dihydropyridines is 1. The van der Waals surface area contributed by atoms with Crippen molar-refractivity contribution in [3.05, 3.63) is 36.2 Å². The van der Waals surface area contributed by atoms with E-state index in [-0.39, 0.29) is 11.5 Å². The number of nitrogens with one attached hydrogen (secondary N) is 1. The Morgan fingerprint density at radius 3 is 2.71 bits per heavy atom. The number of aliphatic imine (C=N–C) groups is 1. The number of benzene rings is 1. The fourth-order valence-corrected chi connectivity index (χ4v) is 4.80.